The predicted octanol–water partition coefficient (Wildman–Crippen LogP) is 4.99. The molecule has 0 radical (unpaired) electrons. The maximum atomic E-state index is 12.0. The molecule has 0 fully saturated rings. The zero-order chi connectivity index (χ0) is 19.1. The molecule has 0 saturated carbocycles. The van der Waals surface area contributed by atoms with Crippen LogP contribution in [0.1, 0.15) is 27.0 Å². The molecule has 0 aliphatic carbocycles. The molecule has 3 rings (SSSR count). The first kappa shape index (κ1) is 18.7. The van der Waals surface area contributed by atoms with E-state index in [0.717, 1.165) is 16.9 Å². The first-order chi connectivity index (χ1) is 13.1. The Bertz CT molecular complexity index is 935. The van der Waals surface area contributed by atoms with Gasteiger partial charge in [0.2, 0.25) is 0 Å². The number of nitrogens with one attached hydrogen (secondary N) is 1. The summed E-state index contributed by atoms with van der Waals surface area (Å²) in [6.45, 7) is 2.58. The predicted molar refractivity (Wildman–Crippen MR) is 108 cm³/mol. The molecular weight excluding hydrogens is 360 g/mol. The van der Waals surface area contributed by atoms with Crippen LogP contribution in [0.3, 0.4) is 0 Å². The summed E-state index contributed by atoms with van der Waals surface area (Å²) in [5.74, 6) is 0.461. The van der Waals surface area contributed by atoms with Crippen LogP contribution in [0, 0.1) is 6.92 Å². The lowest BCUT2D eigenvalue weighted by Crippen LogP contribution is -2.17. The minimum atomic E-state index is -0.313. The van der Waals surface area contributed by atoms with Gasteiger partial charge in [0.05, 0.1) is 6.21 Å². The van der Waals surface area contributed by atoms with Crippen LogP contribution >= 0.6 is 11.6 Å². The van der Waals surface area contributed by atoms with Crippen LogP contribution < -0.4 is 10.2 Å². The summed E-state index contributed by atoms with van der Waals surface area (Å²) >= 11 is 5.88. The number of carbonyl (C=O) groups is 1. The fourth-order valence-electron chi connectivity index (χ4n) is 2.36. The van der Waals surface area contributed by atoms with Crippen molar-refractivity contribution in [3.8, 4) is 5.75 Å². The van der Waals surface area contributed by atoms with Gasteiger partial charge >= 0.3 is 0 Å². The monoisotopic (exact) mass is 378 g/mol. The highest BCUT2D eigenvalue weighted by molar-refractivity contribution is 6.30. The van der Waals surface area contributed by atoms with E-state index in [0.29, 0.717) is 17.2 Å². The SMILES string of the molecule is Cc1ccc(COc2ccc(/C=N\NC(=O)c3cccc(Cl)c3)cc2)cc1. The van der Waals surface area contributed by atoms with E-state index in [1.54, 1.807) is 30.5 Å². The average molecular weight is 379 g/mol. The summed E-state index contributed by atoms with van der Waals surface area (Å²) < 4.78 is 5.77. The second kappa shape index (κ2) is 9.01. The maximum absolute atomic E-state index is 12.0. The van der Waals surface area contributed by atoms with Crippen molar-refractivity contribution in [2.24, 2.45) is 5.10 Å². The Hall–Kier alpha value is -3.11. The molecule has 0 aromatic heterocycles. The van der Waals surface area contributed by atoms with Crippen molar-refractivity contribution in [1.29, 1.82) is 0 Å². The lowest BCUT2D eigenvalue weighted by Gasteiger charge is -2.07. The van der Waals surface area contributed by atoms with Crippen molar-refractivity contribution in [2.45, 2.75) is 13.5 Å². The van der Waals surface area contributed by atoms with Crippen LogP contribution in [0.2, 0.25) is 5.02 Å². The second-order valence-corrected chi connectivity index (χ2v) is 6.49. The van der Waals surface area contributed by atoms with E-state index >= 15 is 0 Å². The number of hydrazone groups is 1. The number of rotatable bonds is 6. The van der Waals surface area contributed by atoms with E-state index in [4.69, 9.17) is 16.3 Å². The van der Waals surface area contributed by atoms with Crippen LogP contribution in [0.15, 0.2) is 77.9 Å². The number of hydrogen-bond acceptors (Lipinski definition) is 3. The summed E-state index contributed by atoms with van der Waals surface area (Å²) in [7, 11) is 0. The molecule has 4 nitrogen and oxygen atoms in total. The molecule has 27 heavy (non-hydrogen) atoms. The topological polar surface area (TPSA) is 50.7 Å². The number of ether oxygens (including phenoxy) is 1. The molecule has 1 N–H and O–H groups in total. The highest BCUT2D eigenvalue weighted by Crippen LogP contribution is 2.14. The Balaban J connectivity index is 1.51. The molecule has 5 heteroatoms. The number of benzene rings is 3. The summed E-state index contributed by atoms with van der Waals surface area (Å²) in [6.07, 6.45) is 1.58. The van der Waals surface area contributed by atoms with Gasteiger partial charge in [0.15, 0.2) is 0 Å². The molecule has 0 aliphatic rings. The first-order valence-electron chi connectivity index (χ1n) is 8.47. The number of amides is 1. The smallest absolute Gasteiger partial charge is 0.271 e. The number of carbonyl (C=O) groups excluding carboxylic acids is 1. The summed E-state index contributed by atoms with van der Waals surface area (Å²) in [6, 6.07) is 22.4. The second-order valence-electron chi connectivity index (χ2n) is 6.05. The van der Waals surface area contributed by atoms with E-state index in [2.05, 4.69) is 41.7 Å². The van der Waals surface area contributed by atoms with E-state index in [1.165, 1.54) is 5.56 Å². The third-order valence-electron chi connectivity index (χ3n) is 3.87. The van der Waals surface area contributed by atoms with Crippen LogP contribution in [-0.4, -0.2) is 12.1 Å². The molecule has 0 aliphatic heterocycles. The van der Waals surface area contributed by atoms with E-state index in [-0.39, 0.29) is 5.91 Å². The van der Waals surface area contributed by atoms with Gasteiger partial charge in [-0.1, -0.05) is 47.5 Å². The lowest BCUT2D eigenvalue weighted by molar-refractivity contribution is 0.0955. The van der Waals surface area contributed by atoms with Gasteiger partial charge in [-0.25, -0.2) is 5.43 Å². The van der Waals surface area contributed by atoms with Gasteiger partial charge in [-0.3, -0.25) is 4.79 Å². The van der Waals surface area contributed by atoms with Gasteiger partial charge in [0, 0.05) is 10.6 Å². The standard InChI is InChI=1S/C22H19ClN2O2/c1-16-5-7-18(8-6-16)15-27-21-11-9-17(10-12-21)14-24-25-22(26)19-3-2-4-20(23)13-19/h2-14H,15H2,1H3,(H,25,26)/b24-14-. The zero-order valence-corrected chi connectivity index (χ0v) is 15.6. The molecule has 3 aromatic carbocycles. The molecule has 0 bridgehead atoms. The van der Waals surface area contributed by atoms with Gasteiger partial charge in [0.25, 0.3) is 5.91 Å². The fraction of sp³-hybridized carbons (Fsp3) is 0.0909. The van der Waals surface area contributed by atoms with Gasteiger partial charge < -0.3 is 4.74 Å². The summed E-state index contributed by atoms with van der Waals surface area (Å²) in [5.41, 5.74) is 6.14. The Morgan fingerprint density at radius 3 is 2.52 bits per heavy atom. The molecule has 0 atom stereocenters. The molecule has 0 spiro atoms. The number of nitrogens with zero attached hydrogens (tertiary/aromatic N) is 1. The molecule has 136 valence electrons. The minimum absolute atomic E-state index is 0.313. The molecule has 0 saturated heterocycles. The third kappa shape index (κ3) is 5.69. The highest BCUT2D eigenvalue weighted by Gasteiger charge is 2.04. The van der Waals surface area contributed by atoms with Crippen molar-refractivity contribution < 1.29 is 9.53 Å². The average Bonchev–Trinajstić information content (AvgIpc) is 2.68. The van der Waals surface area contributed by atoms with Crippen molar-refractivity contribution in [2.75, 3.05) is 0 Å². The van der Waals surface area contributed by atoms with Crippen LogP contribution in [-0.2, 0) is 6.61 Å². The number of hydrogen-bond donors (Lipinski definition) is 1. The van der Waals surface area contributed by atoms with Gasteiger partial charge in [-0.2, -0.15) is 5.10 Å². The normalized spacial score (nSPS) is 10.7. The molecule has 0 heterocycles. The molecule has 0 unspecified atom stereocenters. The van der Waals surface area contributed by atoms with Crippen molar-refractivity contribution in [3.05, 3.63) is 100 Å². The molecular formula is C22H19ClN2O2. The van der Waals surface area contributed by atoms with Gasteiger partial charge in [-0.15, -0.1) is 0 Å². The lowest BCUT2D eigenvalue weighted by atomic mass is 10.2. The van der Waals surface area contributed by atoms with Crippen molar-refractivity contribution in [1.82, 2.24) is 5.43 Å². The molecule has 1 amide bonds. The largest absolute Gasteiger partial charge is 0.489 e. The Morgan fingerprint density at radius 2 is 1.81 bits per heavy atom. The number of halogens is 1. The van der Waals surface area contributed by atoms with Crippen molar-refractivity contribution in [3.63, 3.8) is 0 Å². The van der Waals surface area contributed by atoms with E-state index < -0.39 is 0 Å². The Labute approximate surface area is 163 Å². The van der Waals surface area contributed by atoms with Crippen LogP contribution in [0.25, 0.3) is 0 Å². The third-order valence-corrected chi connectivity index (χ3v) is 4.11. The Kier molecular flexibility index (Phi) is 6.23. The summed E-state index contributed by atoms with van der Waals surface area (Å²) in [4.78, 5) is 12.0. The quantitative estimate of drug-likeness (QED) is 0.485. The van der Waals surface area contributed by atoms with Gasteiger partial charge in [0.1, 0.15) is 12.4 Å². The summed E-state index contributed by atoms with van der Waals surface area (Å²) in [5, 5.41) is 4.48. The fourth-order valence-corrected chi connectivity index (χ4v) is 2.55. The van der Waals surface area contributed by atoms with Crippen LogP contribution in [0.5, 0.6) is 5.75 Å². The first-order valence-corrected chi connectivity index (χ1v) is 8.85. The van der Waals surface area contributed by atoms with E-state index in [9.17, 15) is 4.79 Å². The maximum Gasteiger partial charge on any atom is 0.271 e. The van der Waals surface area contributed by atoms with Crippen LogP contribution in [0.4, 0.5) is 0 Å². The molecule has 3 aromatic rings. The highest BCUT2D eigenvalue weighted by atomic mass is 35.5. The number of aryl methyl sites for hydroxylation is 1. The van der Waals surface area contributed by atoms with E-state index in [1.807, 2.05) is 24.3 Å². The van der Waals surface area contributed by atoms with Crippen molar-refractivity contribution >= 4 is 23.7 Å². The zero-order valence-electron chi connectivity index (χ0n) is 14.9. The Morgan fingerprint density at radius 1 is 1.07 bits per heavy atom. The minimum Gasteiger partial charge on any atom is -0.489 e. The van der Waals surface area contributed by atoms with Gasteiger partial charge in [-0.05, 0) is 60.5 Å².